The van der Waals surface area contributed by atoms with Gasteiger partial charge >= 0.3 is 0 Å². The summed E-state index contributed by atoms with van der Waals surface area (Å²) < 4.78 is 0. The molecule has 3 rings (SSSR count). The first-order valence-electron chi connectivity index (χ1n) is 6.72. The van der Waals surface area contributed by atoms with E-state index in [1.165, 1.54) is 24.6 Å². The quantitative estimate of drug-likeness (QED) is 0.624. The van der Waals surface area contributed by atoms with E-state index in [4.69, 9.17) is 0 Å². The molecule has 0 atom stereocenters. The monoisotopic (exact) mass is 296 g/mol. The largest absolute Gasteiger partial charge is 0.353 e. The van der Waals surface area contributed by atoms with Crippen LogP contribution in [-0.2, 0) is 0 Å². The van der Waals surface area contributed by atoms with E-state index in [2.05, 4.69) is 37.6 Å². The van der Waals surface area contributed by atoms with Gasteiger partial charge in [-0.2, -0.15) is 11.8 Å². The van der Waals surface area contributed by atoms with E-state index < -0.39 is 0 Å². The Balaban J connectivity index is 1.62. The fourth-order valence-corrected chi connectivity index (χ4v) is 3.95. The van der Waals surface area contributed by atoms with Crippen LogP contribution >= 0.6 is 23.5 Å². The number of nitrogens with zero attached hydrogens (tertiary/aromatic N) is 4. The molecule has 1 aromatic rings. The fraction of sp³-hybridized carbons (Fsp3) is 0.692. The third-order valence-corrected chi connectivity index (χ3v) is 5.24. The van der Waals surface area contributed by atoms with E-state index in [1.807, 2.05) is 13.2 Å². The first kappa shape index (κ1) is 13.5. The molecule has 6 heteroatoms. The van der Waals surface area contributed by atoms with Crippen LogP contribution in [-0.4, -0.2) is 64.9 Å². The van der Waals surface area contributed by atoms with Crippen LogP contribution in [0.1, 0.15) is 5.69 Å². The highest BCUT2D eigenvalue weighted by atomic mass is 32.2. The van der Waals surface area contributed by atoms with Gasteiger partial charge in [-0.1, -0.05) is 11.8 Å². The van der Waals surface area contributed by atoms with Crippen LogP contribution in [0.5, 0.6) is 0 Å². The zero-order valence-corrected chi connectivity index (χ0v) is 13.1. The second kappa shape index (κ2) is 5.89. The van der Waals surface area contributed by atoms with Gasteiger partial charge in [0.25, 0.3) is 0 Å². The van der Waals surface area contributed by atoms with Crippen molar-refractivity contribution in [3.05, 3.63) is 11.8 Å². The van der Waals surface area contributed by atoms with E-state index in [0.717, 1.165) is 35.8 Å². The summed E-state index contributed by atoms with van der Waals surface area (Å²) in [6.07, 6.45) is 2.03. The third-order valence-electron chi connectivity index (χ3n) is 3.75. The first-order chi connectivity index (χ1) is 9.26. The molecule has 0 unspecified atom stereocenters. The van der Waals surface area contributed by atoms with Crippen molar-refractivity contribution < 1.29 is 0 Å². The molecule has 0 aromatic carbocycles. The molecule has 19 heavy (non-hydrogen) atoms. The maximum absolute atomic E-state index is 4.61. The Kier molecular flexibility index (Phi) is 4.19. The summed E-state index contributed by atoms with van der Waals surface area (Å²) in [5.41, 5.74) is 1.06. The number of hydrogen-bond acceptors (Lipinski definition) is 6. The minimum absolute atomic E-state index is 0.730. The summed E-state index contributed by atoms with van der Waals surface area (Å²) in [5, 5.41) is 0.882. The molecule has 0 radical (unpaired) electrons. The Hall–Kier alpha value is -0.460. The van der Waals surface area contributed by atoms with Gasteiger partial charge in [-0.15, -0.1) is 0 Å². The van der Waals surface area contributed by atoms with Crippen LogP contribution in [0, 0.1) is 6.92 Å². The van der Waals surface area contributed by atoms with Crippen molar-refractivity contribution in [3.63, 3.8) is 0 Å². The van der Waals surface area contributed by atoms with Crippen LogP contribution in [0.4, 0.5) is 5.82 Å². The molecule has 2 saturated heterocycles. The summed E-state index contributed by atoms with van der Waals surface area (Å²) >= 11 is 3.69. The first-order valence-corrected chi connectivity index (χ1v) is 9.10. The molecule has 4 nitrogen and oxygen atoms in total. The highest BCUT2D eigenvalue weighted by molar-refractivity contribution is 7.99. The molecule has 0 bridgehead atoms. The molecule has 0 amide bonds. The molecular weight excluding hydrogens is 276 g/mol. The Morgan fingerprint density at radius 3 is 2.68 bits per heavy atom. The maximum atomic E-state index is 4.61. The highest BCUT2D eigenvalue weighted by Crippen LogP contribution is 2.25. The minimum Gasteiger partial charge on any atom is -0.353 e. The number of rotatable bonds is 3. The molecule has 104 valence electrons. The Bertz CT molecular complexity index is 442. The lowest BCUT2D eigenvalue weighted by Crippen LogP contribution is -2.61. The fourth-order valence-electron chi connectivity index (χ4n) is 2.59. The number of aromatic nitrogens is 2. The SMILES string of the molecule is CSc1nc(C)cc(N2CC(N3CCSCC3)C2)n1. The number of hydrogen-bond donors (Lipinski definition) is 0. The van der Waals surface area contributed by atoms with Gasteiger partial charge in [0.2, 0.25) is 0 Å². The van der Waals surface area contributed by atoms with Crippen molar-refractivity contribution in [2.45, 2.75) is 18.1 Å². The van der Waals surface area contributed by atoms with Crippen molar-refractivity contribution >= 4 is 29.3 Å². The van der Waals surface area contributed by atoms with Gasteiger partial charge in [0.15, 0.2) is 5.16 Å². The lowest BCUT2D eigenvalue weighted by molar-refractivity contribution is 0.182. The van der Waals surface area contributed by atoms with Gasteiger partial charge in [0.1, 0.15) is 5.82 Å². The highest BCUT2D eigenvalue weighted by Gasteiger charge is 2.33. The lowest BCUT2D eigenvalue weighted by atomic mass is 10.1. The van der Waals surface area contributed by atoms with Gasteiger partial charge < -0.3 is 4.90 Å². The normalized spacial score (nSPS) is 21.5. The standard InChI is InChI=1S/C13H20N4S2/c1-10-7-12(15-13(14-10)18-2)17-8-11(9-17)16-3-5-19-6-4-16/h7,11H,3-6,8-9H2,1-2H3. The van der Waals surface area contributed by atoms with Crippen LogP contribution in [0.2, 0.25) is 0 Å². The Morgan fingerprint density at radius 2 is 2.00 bits per heavy atom. The Labute approximate surface area is 123 Å². The summed E-state index contributed by atoms with van der Waals surface area (Å²) in [5.74, 6) is 3.68. The zero-order valence-electron chi connectivity index (χ0n) is 11.5. The van der Waals surface area contributed by atoms with Crippen molar-refractivity contribution in [2.24, 2.45) is 0 Å². The summed E-state index contributed by atoms with van der Waals surface area (Å²) in [4.78, 5) is 14.0. The van der Waals surface area contributed by atoms with Gasteiger partial charge in [0.05, 0.1) is 0 Å². The molecule has 0 saturated carbocycles. The van der Waals surface area contributed by atoms with Gasteiger partial charge in [-0.3, -0.25) is 4.90 Å². The molecule has 0 N–H and O–H groups in total. The average Bonchev–Trinajstić information content (AvgIpc) is 2.37. The second-order valence-electron chi connectivity index (χ2n) is 5.06. The van der Waals surface area contributed by atoms with E-state index >= 15 is 0 Å². The van der Waals surface area contributed by atoms with Gasteiger partial charge in [0, 0.05) is 55.5 Å². The lowest BCUT2D eigenvalue weighted by Gasteiger charge is -2.47. The van der Waals surface area contributed by atoms with Crippen molar-refractivity contribution in [3.8, 4) is 0 Å². The van der Waals surface area contributed by atoms with E-state index in [1.54, 1.807) is 11.8 Å². The molecule has 0 aliphatic carbocycles. The molecule has 2 aliphatic rings. The molecule has 3 heterocycles. The van der Waals surface area contributed by atoms with Crippen molar-refractivity contribution in [1.29, 1.82) is 0 Å². The van der Waals surface area contributed by atoms with E-state index in [0.29, 0.717) is 0 Å². The van der Waals surface area contributed by atoms with Gasteiger partial charge in [-0.25, -0.2) is 9.97 Å². The van der Waals surface area contributed by atoms with Crippen LogP contribution < -0.4 is 4.90 Å². The van der Waals surface area contributed by atoms with E-state index in [-0.39, 0.29) is 0 Å². The molecule has 2 fully saturated rings. The third kappa shape index (κ3) is 3.01. The summed E-state index contributed by atoms with van der Waals surface area (Å²) in [6.45, 7) is 6.79. The second-order valence-corrected chi connectivity index (χ2v) is 7.06. The maximum Gasteiger partial charge on any atom is 0.189 e. The summed E-state index contributed by atoms with van der Waals surface area (Å²) in [6, 6.07) is 2.83. The topological polar surface area (TPSA) is 32.3 Å². The van der Waals surface area contributed by atoms with Crippen molar-refractivity contribution in [1.82, 2.24) is 14.9 Å². The smallest absolute Gasteiger partial charge is 0.189 e. The predicted octanol–water partition coefficient (Wildman–Crippen LogP) is 1.74. The predicted molar refractivity (Wildman–Crippen MR) is 83.4 cm³/mol. The van der Waals surface area contributed by atoms with Crippen LogP contribution in [0.25, 0.3) is 0 Å². The average molecular weight is 296 g/mol. The van der Waals surface area contributed by atoms with Gasteiger partial charge in [-0.05, 0) is 13.2 Å². The number of aryl methyl sites for hydroxylation is 1. The summed E-state index contributed by atoms with van der Waals surface area (Å²) in [7, 11) is 0. The number of thioether (sulfide) groups is 2. The van der Waals surface area contributed by atoms with Crippen LogP contribution in [0.3, 0.4) is 0 Å². The molecule has 0 spiro atoms. The number of anilines is 1. The molecule has 2 aliphatic heterocycles. The van der Waals surface area contributed by atoms with Crippen molar-refractivity contribution in [2.75, 3.05) is 48.8 Å². The Morgan fingerprint density at radius 1 is 1.26 bits per heavy atom. The zero-order chi connectivity index (χ0) is 13.2. The molecule has 1 aromatic heterocycles. The minimum atomic E-state index is 0.730. The van der Waals surface area contributed by atoms with Crippen LogP contribution in [0.15, 0.2) is 11.2 Å². The molecular formula is C13H20N4S2. The van der Waals surface area contributed by atoms with E-state index in [9.17, 15) is 0 Å².